The number of nitrogens with two attached hydrogens (primary N) is 2. The van der Waals surface area contributed by atoms with Crippen LogP contribution in [0.3, 0.4) is 0 Å². The lowest BCUT2D eigenvalue weighted by Gasteiger charge is -2.37. The molecule has 6 nitrogen and oxygen atoms in total. The van der Waals surface area contributed by atoms with E-state index in [1.165, 1.54) is 18.3 Å². The van der Waals surface area contributed by atoms with Crippen molar-refractivity contribution in [2.24, 2.45) is 11.6 Å². The summed E-state index contributed by atoms with van der Waals surface area (Å²) in [6, 6.07) is 7.38. The second-order valence-electron chi connectivity index (χ2n) is 6.24. The smallest absolute Gasteiger partial charge is 0.256 e. The quantitative estimate of drug-likeness (QED) is 0.599. The van der Waals surface area contributed by atoms with Crippen molar-refractivity contribution in [3.05, 3.63) is 69.3 Å². The molecule has 0 radical (unpaired) electrons. The summed E-state index contributed by atoms with van der Waals surface area (Å²) >= 11 is 12.2. The van der Waals surface area contributed by atoms with Gasteiger partial charge < -0.3 is 10.6 Å². The van der Waals surface area contributed by atoms with E-state index in [1.54, 1.807) is 23.1 Å². The number of hydrogen-bond acceptors (Lipinski definition) is 5. The molecule has 0 aliphatic carbocycles. The Morgan fingerprint density at radius 1 is 1.33 bits per heavy atom. The number of amides is 1. The maximum absolute atomic E-state index is 14.0. The number of benzene rings is 1. The predicted molar refractivity (Wildman–Crippen MR) is 104 cm³/mol. The number of anilines is 1. The van der Waals surface area contributed by atoms with Crippen molar-refractivity contribution in [3.63, 3.8) is 0 Å². The van der Waals surface area contributed by atoms with E-state index >= 15 is 0 Å². The van der Waals surface area contributed by atoms with Crippen LogP contribution in [-0.4, -0.2) is 28.4 Å². The van der Waals surface area contributed by atoms with Crippen LogP contribution in [0.2, 0.25) is 10.0 Å². The molecule has 3 rings (SSSR count). The molecule has 4 N–H and O–H groups in total. The summed E-state index contributed by atoms with van der Waals surface area (Å²) in [5.74, 6) is 5.18. The van der Waals surface area contributed by atoms with Gasteiger partial charge in [0.15, 0.2) is 11.6 Å². The monoisotopic (exact) mass is 409 g/mol. The first-order chi connectivity index (χ1) is 12.8. The van der Waals surface area contributed by atoms with Gasteiger partial charge in [0.2, 0.25) is 0 Å². The summed E-state index contributed by atoms with van der Waals surface area (Å²) in [4.78, 5) is 18.5. The van der Waals surface area contributed by atoms with Gasteiger partial charge >= 0.3 is 0 Å². The Balaban J connectivity index is 1.89. The van der Waals surface area contributed by atoms with Gasteiger partial charge in [0.1, 0.15) is 0 Å². The lowest BCUT2D eigenvalue weighted by Crippen LogP contribution is -2.48. The van der Waals surface area contributed by atoms with E-state index in [0.29, 0.717) is 28.4 Å². The molecule has 0 saturated heterocycles. The third kappa shape index (κ3) is 3.71. The van der Waals surface area contributed by atoms with Gasteiger partial charge in [-0.15, -0.1) is 0 Å². The van der Waals surface area contributed by atoms with Gasteiger partial charge in [-0.1, -0.05) is 29.3 Å². The zero-order valence-electron chi connectivity index (χ0n) is 14.5. The highest BCUT2D eigenvalue weighted by Gasteiger charge is 2.32. The van der Waals surface area contributed by atoms with Gasteiger partial charge in [-0.2, -0.15) is 0 Å². The van der Waals surface area contributed by atoms with Crippen LogP contribution in [-0.2, 0) is 0 Å². The van der Waals surface area contributed by atoms with E-state index < -0.39 is 5.82 Å². The zero-order valence-corrected chi connectivity index (χ0v) is 16.0. The van der Waals surface area contributed by atoms with Crippen LogP contribution in [0, 0.1) is 5.82 Å². The molecule has 0 saturated carbocycles. The average molecular weight is 410 g/mol. The van der Waals surface area contributed by atoms with Crippen LogP contribution in [0.25, 0.3) is 0 Å². The van der Waals surface area contributed by atoms with Gasteiger partial charge in [-0.25, -0.2) is 15.2 Å². The van der Waals surface area contributed by atoms with Gasteiger partial charge in [-0.05, 0) is 31.2 Å². The molecule has 142 valence electrons. The molecule has 0 bridgehead atoms. The molecule has 0 unspecified atom stereocenters. The maximum Gasteiger partial charge on any atom is 0.256 e. The SMILES string of the molecule is C[C@@H]1CC(N(N)c2ncccc2F)=C(N)CN1C(=O)c1cccc(Cl)c1Cl. The summed E-state index contributed by atoms with van der Waals surface area (Å²) in [6.07, 6.45) is 1.78. The van der Waals surface area contributed by atoms with Crippen LogP contribution in [0.1, 0.15) is 23.7 Å². The number of rotatable bonds is 3. The molecule has 1 aliphatic heterocycles. The van der Waals surface area contributed by atoms with E-state index in [4.69, 9.17) is 34.8 Å². The first-order valence-corrected chi connectivity index (χ1v) is 8.94. The molecule has 1 aliphatic rings. The molecule has 9 heteroatoms. The highest BCUT2D eigenvalue weighted by Crippen LogP contribution is 2.30. The highest BCUT2D eigenvalue weighted by atomic mass is 35.5. The fourth-order valence-electron chi connectivity index (χ4n) is 2.98. The minimum atomic E-state index is -0.558. The molecule has 1 aromatic carbocycles. The minimum Gasteiger partial charge on any atom is -0.399 e. The Bertz CT molecular complexity index is 920. The molecule has 1 aromatic heterocycles. The molecule has 0 spiro atoms. The topological polar surface area (TPSA) is 88.5 Å². The van der Waals surface area contributed by atoms with Gasteiger partial charge in [0.05, 0.1) is 27.9 Å². The third-order valence-electron chi connectivity index (χ3n) is 4.43. The van der Waals surface area contributed by atoms with Crippen LogP contribution < -0.4 is 16.6 Å². The Hall–Kier alpha value is -2.35. The number of aromatic nitrogens is 1. The summed E-state index contributed by atoms with van der Waals surface area (Å²) in [5, 5.41) is 1.63. The second kappa shape index (κ2) is 7.72. The van der Waals surface area contributed by atoms with Crippen LogP contribution >= 0.6 is 23.2 Å². The Labute approximate surface area is 166 Å². The van der Waals surface area contributed by atoms with E-state index in [0.717, 1.165) is 5.01 Å². The number of carbonyl (C=O) groups is 1. The predicted octanol–water partition coefficient (Wildman–Crippen LogP) is 3.31. The van der Waals surface area contributed by atoms with E-state index in [9.17, 15) is 9.18 Å². The van der Waals surface area contributed by atoms with E-state index in [2.05, 4.69) is 4.98 Å². The number of halogens is 3. The summed E-state index contributed by atoms with van der Waals surface area (Å²) in [7, 11) is 0. The van der Waals surface area contributed by atoms with Crippen molar-refractivity contribution in [2.75, 3.05) is 11.6 Å². The van der Waals surface area contributed by atoms with Crippen LogP contribution in [0.4, 0.5) is 10.2 Å². The standard InChI is InChI=1S/C18H18Cl2FN5O/c1-10-8-15(26(23)17-13(21)6-3-7-24-17)14(22)9-25(10)18(27)11-4-2-5-12(19)16(11)20/h2-7,10H,8-9,22-23H2,1H3/t10-/m1/s1. The number of pyridine rings is 1. The van der Waals surface area contributed by atoms with Gasteiger partial charge in [-0.3, -0.25) is 9.80 Å². The molecule has 1 atom stereocenters. The Kier molecular flexibility index (Phi) is 5.55. The molecule has 2 aromatic rings. The Morgan fingerprint density at radius 2 is 2.07 bits per heavy atom. The largest absolute Gasteiger partial charge is 0.399 e. The highest BCUT2D eigenvalue weighted by molar-refractivity contribution is 6.43. The summed E-state index contributed by atoms with van der Waals surface area (Å²) < 4.78 is 14.0. The molecule has 0 fully saturated rings. The maximum atomic E-state index is 14.0. The second-order valence-corrected chi connectivity index (χ2v) is 7.02. The summed E-state index contributed by atoms with van der Waals surface area (Å²) in [5.41, 5.74) is 7.33. The van der Waals surface area contributed by atoms with Crippen LogP contribution in [0.5, 0.6) is 0 Å². The van der Waals surface area contributed by atoms with Gasteiger partial charge in [0, 0.05) is 24.4 Å². The first-order valence-electron chi connectivity index (χ1n) is 8.19. The molecular weight excluding hydrogens is 392 g/mol. The third-order valence-corrected chi connectivity index (χ3v) is 5.25. The van der Waals surface area contributed by atoms with Crippen molar-refractivity contribution in [2.45, 2.75) is 19.4 Å². The Morgan fingerprint density at radius 3 is 2.78 bits per heavy atom. The van der Waals surface area contributed by atoms with Crippen LogP contribution in [0.15, 0.2) is 47.9 Å². The minimum absolute atomic E-state index is 0.0275. The lowest BCUT2D eigenvalue weighted by molar-refractivity contribution is 0.0695. The normalized spacial score (nSPS) is 17.2. The number of hydrazine groups is 1. The zero-order chi connectivity index (χ0) is 19.7. The van der Waals surface area contributed by atoms with Crippen molar-refractivity contribution in [1.82, 2.24) is 9.88 Å². The van der Waals surface area contributed by atoms with Crippen molar-refractivity contribution in [3.8, 4) is 0 Å². The number of carbonyl (C=O) groups excluding carboxylic acids is 1. The lowest BCUT2D eigenvalue weighted by atomic mass is 10.0. The molecule has 27 heavy (non-hydrogen) atoms. The fourth-order valence-corrected chi connectivity index (χ4v) is 3.36. The first kappa shape index (κ1) is 19.4. The fraction of sp³-hybridized carbons (Fsp3) is 0.222. The molecular formula is C18H18Cl2FN5O. The average Bonchev–Trinajstić information content (AvgIpc) is 2.65. The van der Waals surface area contributed by atoms with Crippen molar-refractivity contribution >= 4 is 34.9 Å². The number of hydrogen-bond donors (Lipinski definition) is 2. The van der Waals surface area contributed by atoms with Crippen molar-refractivity contribution < 1.29 is 9.18 Å². The molecule has 2 heterocycles. The van der Waals surface area contributed by atoms with E-state index in [1.807, 2.05) is 6.92 Å². The van der Waals surface area contributed by atoms with Gasteiger partial charge in [0.25, 0.3) is 5.91 Å². The summed E-state index contributed by atoms with van der Waals surface area (Å²) in [6.45, 7) is 1.98. The van der Waals surface area contributed by atoms with Crippen molar-refractivity contribution in [1.29, 1.82) is 0 Å². The molecule has 1 amide bonds. The van der Waals surface area contributed by atoms with E-state index in [-0.39, 0.29) is 29.3 Å². The number of nitrogens with zero attached hydrogens (tertiary/aromatic N) is 3.